The van der Waals surface area contributed by atoms with Crippen LogP contribution < -0.4 is 0 Å². The summed E-state index contributed by atoms with van der Waals surface area (Å²) in [5.74, 6) is -0.558. The average Bonchev–Trinajstić information content (AvgIpc) is 3.17. The van der Waals surface area contributed by atoms with Crippen LogP contribution in [0.1, 0.15) is 54.4 Å². The van der Waals surface area contributed by atoms with Crippen molar-refractivity contribution in [3.8, 4) is 0 Å². The highest BCUT2D eigenvalue weighted by atomic mass is 16.6. The fourth-order valence-corrected chi connectivity index (χ4v) is 4.45. The van der Waals surface area contributed by atoms with Crippen LogP contribution in [0.15, 0.2) is 5.11 Å². The van der Waals surface area contributed by atoms with Gasteiger partial charge in [-0.05, 0) is 47.1 Å². The van der Waals surface area contributed by atoms with Gasteiger partial charge in [0.1, 0.15) is 11.2 Å². The predicted molar refractivity (Wildman–Crippen MR) is 221 cm³/mol. The topological polar surface area (TPSA) is 215 Å². The van der Waals surface area contributed by atoms with E-state index in [-0.39, 0.29) is 24.8 Å². The van der Waals surface area contributed by atoms with Gasteiger partial charge in [0, 0.05) is 31.1 Å². The molecule has 0 fully saturated rings. The van der Waals surface area contributed by atoms with Crippen LogP contribution in [0, 0.1) is 0 Å². The van der Waals surface area contributed by atoms with Crippen molar-refractivity contribution in [2.75, 3.05) is 185 Å². The zero-order valence-electron chi connectivity index (χ0n) is 37.5. The van der Waals surface area contributed by atoms with Gasteiger partial charge in [0.05, 0.1) is 171 Å². The Morgan fingerprint density at radius 1 is 0.400 bits per heavy atom. The van der Waals surface area contributed by atoms with Gasteiger partial charge in [-0.2, -0.15) is 0 Å². The van der Waals surface area contributed by atoms with E-state index in [0.29, 0.717) is 185 Å². The summed E-state index contributed by atoms with van der Waals surface area (Å²) in [4.78, 5) is 28.3. The van der Waals surface area contributed by atoms with E-state index in [1.807, 2.05) is 41.5 Å². The van der Waals surface area contributed by atoms with E-state index in [2.05, 4.69) is 14.9 Å². The third-order valence-electron chi connectivity index (χ3n) is 7.14. The first-order chi connectivity index (χ1) is 28.9. The molecule has 0 saturated heterocycles. The van der Waals surface area contributed by atoms with Crippen molar-refractivity contribution in [3.05, 3.63) is 10.4 Å². The summed E-state index contributed by atoms with van der Waals surface area (Å²) < 4.78 is 77.2. The van der Waals surface area contributed by atoms with Gasteiger partial charge in [-0.15, -0.1) is 0 Å². The van der Waals surface area contributed by atoms with Crippen molar-refractivity contribution in [2.24, 2.45) is 5.11 Å². The second-order valence-corrected chi connectivity index (χ2v) is 14.8. The largest absolute Gasteiger partial charge is 0.460 e. The van der Waals surface area contributed by atoms with Gasteiger partial charge in [-0.25, -0.2) is 0 Å². The van der Waals surface area contributed by atoms with E-state index in [1.165, 1.54) is 0 Å². The Labute approximate surface area is 358 Å². The molecule has 0 saturated carbocycles. The monoisotopic (exact) mass is 871 g/mol. The molecule has 0 atom stereocenters. The SMILES string of the molecule is CC(C)(C)OC(=O)CCOCCOCCOCCOCCN(CCOCCOCCOCCOCCN=[N+]=[N-])CCOCCOCCOCCOCCC(=O)OC(C)(C)C. The van der Waals surface area contributed by atoms with Crippen LogP contribution in [0.2, 0.25) is 0 Å². The maximum Gasteiger partial charge on any atom is 0.308 e. The molecule has 0 aliphatic rings. The molecular weight excluding hydrogens is 792 g/mol. The van der Waals surface area contributed by atoms with Crippen LogP contribution in [0.3, 0.4) is 0 Å². The third kappa shape index (κ3) is 48.4. The number of rotatable bonds is 45. The first kappa shape index (κ1) is 57.7. The molecule has 0 aromatic carbocycles. The van der Waals surface area contributed by atoms with Crippen molar-refractivity contribution < 1.29 is 75.9 Å². The summed E-state index contributed by atoms with van der Waals surface area (Å²) in [5, 5.41) is 3.40. The molecule has 0 bridgehead atoms. The van der Waals surface area contributed by atoms with Crippen molar-refractivity contribution in [3.63, 3.8) is 0 Å². The van der Waals surface area contributed by atoms with Crippen LogP contribution >= 0.6 is 0 Å². The maximum atomic E-state index is 11.7. The van der Waals surface area contributed by atoms with Gasteiger partial charge in [-0.1, -0.05) is 5.11 Å². The number of carbonyl (C=O) groups is 2. The molecule has 60 heavy (non-hydrogen) atoms. The zero-order chi connectivity index (χ0) is 44.3. The summed E-state index contributed by atoms with van der Waals surface area (Å²) in [6.45, 7) is 23.9. The average molecular weight is 871 g/mol. The van der Waals surface area contributed by atoms with Gasteiger partial charge in [0.25, 0.3) is 0 Å². The van der Waals surface area contributed by atoms with E-state index < -0.39 is 11.2 Å². The summed E-state index contributed by atoms with van der Waals surface area (Å²) >= 11 is 0. The molecule has 0 aliphatic heterocycles. The van der Waals surface area contributed by atoms with Crippen LogP contribution in [0.4, 0.5) is 0 Å². The Bertz CT molecular complexity index is 973. The Morgan fingerprint density at radius 2 is 0.633 bits per heavy atom. The minimum atomic E-state index is -0.496. The number of azide groups is 1. The van der Waals surface area contributed by atoms with E-state index in [1.54, 1.807) is 0 Å². The smallest absolute Gasteiger partial charge is 0.308 e. The van der Waals surface area contributed by atoms with Gasteiger partial charge in [0.15, 0.2) is 0 Å². The summed E-state index contributed by atoms with van der Waals surface area (Å²) in [5.41, 5.74) is 7.24. The van der Waals surface area contributed by atoms with Gasteiger partial charge in [-0.3, -0.25) is 14.5 Å². The van der Waals surface area contributed by atoms with Gasteiger partial charge < -0.3 is 66.3 Å². The van der Waals surface area contributed by atoms with E-state index in [0.717, 1.165) is 0 Å². The molecule has 0 radical (unpaired) electrons. The highest BCUT2D eigenvalue weighted by Crippen LogP contribution is 2.09. The van der Waals surface area contributed by atoms with Crippen molar-refractivity contribution >= 4 is 11.9 Å². The lowest BCUT2D eigenvalue weighted by atomic mass is 10.2. The van der Waals surface area contributed by atoms with E-state index in [9.17, 15) is 9.59 Å². The molecule has 0 heterocycles. The summed E-state index contributed by atoms with van der Waals surface area (Å²) in [7, 11) is 0. The normalized spacial score (nSPS) is 11.9. The molecule has 0 aromatic rings. The molecule has 20 nitrogen and oxygen atoms in total. The van der Waals surface area contributed by atoms with Crippen LogP contribution in [-0.4, -0.2) is 213 Å². The number of nitrogens with zero attached hydrogens (tertiary/aromatic N) is 4. The molecule has 20 heteroatoms. The number of esters is 2. The lowest BCUT2D eigenvalue weighted by Gasteiger charge is -2.22. The van der Waals surface area contributed by atoms with Gasteiger partial charge in [0.2, 0.25) is 0 Å². The minimum absolute atomic E-state index is 0.211. The molecule has 0 N–H and O–H groups in total. The first-order valence-electron chi connectivity index (χ1n) is 21.0. The molecular formula is C40H78N4O16. The highest BCUT2D eigenvalue weighted by Gasteiger charge is 2.16. The Kier molecular flexibility index (Phi) is 40.5. The minimum Gasteiger partial charge on any atom is -0.460 e. The predicted octanol–water partition coefficient (Wildman–Crippen LogP) is 3.26. The first-order valence-corrected chi connectivity index (χ1v) is 21.0. The second-order valence-electron chi connectivity index (χ2n) is 14.8. The van der Waals surface area contributed by atoms with Crippen molar-refractivity contribution in [1.29, 1.82) is 0 Å². The van der Waals surface area contributed by atoms with E-state index in [4.69, 9.17) is 71.8 Å². The molecule has 0 spiro atoms. The molecule has 354 valence electrons. The fraction of sp³-hybridized carbons (Fsp3) is 0.950. The number of ether oxygens (including phenoxy) is 14. The standard InChI is InChI=1S/C40H78N4O16/c1-39(2,3)59-37(45)7-13-47-19-25-53-31-34-56-28-22-50-16-10-44(12-18-52-24-30-58-36-33-55-27-21-49-15-9-42-43-41)11-17-51-23-29-57-35-32-54-26-20-48-14-8-38(46)60-40(4,5)6/h7-36H2,1-6H3. The molecule has 0 amide bonds. The molecule has 0 aliphatic carbocycles. The fourth-order valence-electron chi connectivity index (χ4n) is 4.45. The summed E-state index contributed by atoms with van der Waals surface area (Å²) in [6, 6.07) is 0. The quantitative estimate of drug-likeness (QED) is 0.0282. The van der Waals surface area contributed by atoms with E-state index >= 15 is 0 Å². The Balaban J connectivity index is 4.06. The number of hydrogen-bond acceptors (Lipinski definition) is 18. The lowest BCUT2D eigenvalue weighted by Crippen LogP contribution is -2.34. The highest BCUT2D eigenvalue weighted by molar-refractivity contribution is 5.70. The van der Waals surface area contributed by atoms with Crippen molar-refractivity contribution in [1.82, 2.24) is 4.90 Å². The zero-order valence-corrected chi connectivity index (χ0v) is 37.5. The third-order valence-corrected chi connectivity index (χ3v) is 7.14. The summed E-state index contributed by atoms with van der Waals surface area (Å²) in [6.07, 6.45) is 0.423. The molecule has 0 unspecified atom stereocenters. The Hall–Kier alpha value is -2.27. The lowest BCUT2D eigenvalue weighted by molar-refractivity contribution is -0.157. The number of hydrogen-bond donors (Lipinski definition) is 0. The second kappa shape index (κ2) is 42.1. The van der Waals surface area contributed by atoms with Crippen LogP contribution in [0.5, 0.6) is 0 Å². The molecule has 0 aromatic heterocycles. The maximum absolute atomic E-state index is 11.7. The van der Waals surface area contributed by atoms with Crippen LogP contribution in [-0.2, 0) is 75.9 Å². The van der Waals surface area contributed by atoms with Crippen LogP contribution in [0.25, 0.3) is 10.4 Å². The van der Waals surface area contributed by atoms with Gasteiger partial charge >= 0.3 is 11.9 Å². The van der Waals surface area contributed by atoms with Crippen molar-refractivity contribution in [2.45, 2.75) is 65.6 Å². The Morgan fingerprint density at radius 3 is 0.883 bits per heavy atom. The number of carbonyl (C=O) groups excluding carboxylic acids is 2. The molecule has 0 rings (SSSR count).